The van der Waals surface area contributed by atoms with Gasteiger partial charge in [-0.05, 0) is 23.2 Å². The second-order valence-corrected chi connectivity index (χ2v) is 1.92. The van der Waals surface area contributed by atoms with E-state index < -0.39 is 4.70 Å². The van der Waals surface area contributed by atoms with Crippen LogP contribution in [0.4, 0.5) is 4.79 Å². The molecule has 10 heavy (non-hydrogen) atoms. The van der Waals surface area contributed by atoms with Crippen LogP contribution in [0.2, 0.25) is 0 Å². The molecule has 0 fully saturated rings. The predicted octanol–water partition coefficient (Wildman–Crippen LogP) is 2.56. The Bertz CT molecular complexity index is 129. The van der Waals surface area contributed by atoms with E-state index >= 15 is 0 Å². The molecule has 0 amide bonds. The van der Waals surface area contributed by atoms with E-state index in [-0.39, 0.29) is 0 Å². The van der Waals surface area contributed by atoms with Crippen molar-refractivity contribution in [2.45, 2.75) is 0 Å². The lowest BCUT2D eigenvalue weighted by Crippen LogP contribution is -1.74. The standard InChI is InChI=1S/C4H4O2.CCl2O/c1-2-6-4-3-5-1;2-1(3)4/h1-4H;. The van der Waals surface area contributed by atoms with Crippen LogP contribution in [-0.4, -0.2) is 4.70 Å². The van der Waals surface area contributed by atoms with Crippen LogP contribution >= 0.6 is 23.2 Å². The highest BCUT2D eigenvalue weighted by Gasteiger charge is 1.74. The fourth-order valence-electron chi connectivity index (χ4n) is 0.219. The van der Waals surface area contributed by atoms with Crippen molar-refractivity contribution < 1.29 is 14.3 Å². The normalized spacial score (nSPS) is 12.2. The summed E-state index contributed by atoms with van der Waals surface area (Å²) < 4.78 is 8.28. The summed E-state index contributed by atoms with van der Waals surface area (Å²) in [5.74, 6) is 0. The van der Waals surface area contributed by atoms with Crippen molar-refractivity contribution in [3.05, 3.63) is 25.0 Å². The number of carbonyl (C=O) groups is 1. The zero-order valence-corrected chi connectivity index (χ0v) is 6.30. The van der Waals surface area contributed by atoms with Crippen molar-refractivity contribution >= 4 is 27.9 Å². The summed E-state index contributed by atoms with van der Waals surface area (Å²) >= 11 is 8.80. The Morgan fingerprint density at radius 3 is 1.30 bits per heavy atom. The van der Waals surface area contributed by atoms with E-state index in [1.54, 1.807) is 0 Å². The monoisotopic (exact) mass is 182 g/mol. The van der Waals surface area contributed by atoms with Gasteiger partial charge in [-0.25, -0.2) is 0 Å². The summed E-state index contributed by atoms with van der Waals surface area (Å²) in [6, 6.07) is 0. The lowest BCUT2D eigenvalue weighted by atomic mass is 10.9. The number of rotatable bonds is 0. The highest BCUT2D eigenvalue weighted by atomic mass is 35.5. The van der Waals surface area contributed by atoms with Gasteiger partial charge in [0.2, 0.25) is 0 Å². The second-order valence-electron chi connectivity index (χ2n) is 1.04. The van der Waals surface area contributed by atoms with Crippen molar-refractivity contribution in [3.63, 3.8) is 0 Å². The van der Waals surface area contributed by atoms with Crippen molar-refractivity contribution in [1.82, 2.24) is 0 Å². The van der Waals surface area contributed by atoms with Gasteiger partial charge in [-0.1, -0.05) is 0 Å². The Balaban J connectivity index is 0.000000180. The van der Waals surface area contributed by atoms with Crippen molar-refractivity contribution in [2.24, 2.45) is 0 Å². The van der Waals surface area contributed by atoms with Gasteiger partial charge in [0, 0.05) is 0 Å². The van der Waals surface area contributed by atoms with Crippen molar-refractivity contribution in [2.75, 3.05) is 0 Å². The number of halogens is 2. The summed E-state index contributed by atoms with van der Waals surface area (Å²) in [6.07, 6.45) is 5.83. The predicted molar refractivity (Wildman–Crippen MR) is 37.6 cm³/mol. The molecule has 3 nitrogen and oxygen atoms in total. The van der Waals surface area contributed by atoms with Crippen molar-refractivity contribution in [3.8, 4) is 0 Å². The van der Waals surface area contributed by atoms with Gasteiger partial charge in [0.05, 0.1) is 0 Å². The molecule has 0 radical (unpaired) electrons. The first kappa shape index (κ1) is 9.33. The van der Waals surface area contributed by atoms with E-state index in [2.05, 4.69) is 32.7 Å². The third-order valence-corrected chi connectivity index (χ3v) is 0.425. The van der Waals surface area contributed by atoms with Crippen LogP contribution in [0.3, 0.4) is 0 Å². The average Bonchev–Trinajstić information content (AvgIpc) is 1.90. The molecule has 1 rings (SSSR count). The Morgan fingerprint density at radius 1 is 1.00 bits per heavy atom. The molecule has 0 spiro atoms. The number of ether oxygens (including phenoxy) is 2. The Hall–Kier alpha value is -0.670. The van der Waals surface area contributed by atoms with E-state index in [1.165, 1.54) is 25.0 Å². The molecule has 0 atom stereocenters. The van der Waals surface area contributed by atoms with Gasteiger partial charge < -0.3 is 9.47 Å². The number of carbonyl (C=O) groups excluding carboxylic acids is 1. The summed E-state index contributed by atoms with van der Waals surface area (Å²) in [4.78, 5) is 8.98. The SMILES string of the molecule is C1=COC=CO1.O=C(Cl)Cl. The summed E-state index contributed by atoms with van der Waals surface area (Å²) in [5, 5.41) is 0. The third-order valence-electron chi connectivity index (χ3n) is 0.425. The quantitative estimate of drug-likeness (QED) is 0.541. The molecule has 1 aliphatic rings. The van der Waals surface area contributed by atoms with Crippen molar-refractivity contribution in [1.29, 1.82) is 0 Å². The maximum absolute atomic E-state index is 8.98. The zero-order valence-electron chi connectivity index (χ0n) is 4.79. The first-order valence-electron chi connectivity index (χ1n) is 2.19. The minimum Gasteiger partial charge on any atom is -0.466 e. The molecule has 1 aliphatic heterocycles. The summed E-state index contributed by atoms with van der Waals surface area (Å²) in [7, 11) is 0. The Labute approximate surface area is 67.8 Å². The van der Waals surface area contributed by atoms with Gasteiger partial charge in [-0.3, -0.25) is 4.79 Å². The molecule has 0 aliphatic carbocycles. The van der Waals surface area contributed by atoms with Gasteiger partial charge in [0.15, 0.2) is 0 Å². The molecule has 5 heteroatoms. The van der Waals surface area contributed by atoms with Gasteiger partial charge in [-0.15, -0.1) is 0 Å². The molecule has 0 unspecified atom stereocenters. The molecule has 0 saturated carbocycles. The second kappa shape index (κ2) is 6.45. The highest BCUT2D eigenvalue weighted by Crippen LogP contribution is 1.89. The van der Waals surface area contributed by atoms with Crippen LogP contribution in [0.1, 0.15) is 0 Å². The highest BCUT2D eigenvalue weighted by molar-refractivity contribution is 6.93. The van der Waals surface area contributed by atoms with E-state index in [4.69, 9.17) is 4.79 Å². The molecule has 0 saturated heterocycles. The third kappa shape index (κ3) is 10.3. The minimum atomic E-state index is -0.889. The first-order chi connectivity index (χ1) is 4.73. The minimum absolute atomic E-state index is 0.889. The Morgan fingerprint density at radius 2 is 1.20 bits per heavy atom. The molecule has 0 aromatic carbocycles. The first-order valence-corrected chi connectivity index (χ1v) is 2.95. The van der Waals surface area contributed by atoms with Gasteiger partial charge in [0.1, 0.15) is 25.0 Å². The van der Waals surface area contributed by atoms with E-state index in [9.17, 15) is 0 Å². The topological polar surface area (TPSA) is 35.5 Å². The van der Waals surface area contributed by atoms with Crippen LogP contribution in [-0.2, 0) is 9.47 Å². The molecule has 0 bridgehead atoms. The van der Waals surface area contributed by atoms with Gasteiger partial charge in [0.25, 0.3) is 0 Å². The molecule has 56 valence electrons. The summed E-state index contributed by atoms with van der Waals surface area (Å²) in [6.45, 7) is 0. The largest absolute Gasteiger partial charge is 0.466 e. The fraction of sp³-hybridized carbons (Fsp3) is 0. The van der Waals surface area contributed by atoms with E-state index in [0.717, 1.165) is 0 Å². The van der Waals surface area contributed by atoms with Crippen LogP contribution in [0, 0.1) is 0 Å². The number of hydrogen-bond acceptors (Lipinski definition) is 3. The molecule has 0 N–H and O–H groups in total. The van der Waals surface area contributed by atoms with Crippen LogP contribution in [0.15, 0.2) is 25.0 Å². The lowest BCUT2D eigenvalue weighted by Gasteiger charge is -1.94. The van der Waals surface area contributed by atoms with E-state index in [1.807, 2.05) is 0 Å². The maximum atomic E-state index is 8.98. The van der Waals surface area contributed by atoms with Crippen LogP contribution < -0.4 is 0 Å². The number of hydrogen-bond donors (Lipinski definition) is 0. The lowest BCUT2D eigenvalue weighted by molar-refractivity contribution is 0.275. The van der Waals surface area contributed by atoms with Gasteiger partial charge >= 0.3 is 4.70 Å². The molecular formula is C5H4Cl2O3. The maximum Gasteiger partial charge on any atom is 0.313 e. The molecular weight excluding hydrogens is 179 g/mol. The zero-order chi connectivity index (χ0) is 7.82. The molecule has 0 aromatic rings. The van der Waals surface area contributed by atoms with E-state index in [0.29, 0.717) is 0 Å². The average molecular weight is 183 g/mol. The Kier molecular flexibility index (Phi) is 6.02. The molecule has 1 heterocycles. The molecule has 0 aromatic heterocycles. The van der Waals surface area contributed by atoms with Gasteiger partial charge in [-0.2, -0.15) is 0 Å². The van der Waals surface area contributed by atoms with Crippen LogP contribution in [0.25, 0.3) is 0 Å². The van der Waals surface area contributed by atoms with Crippen LogP contribution in [0.5, 0.6) is 0 Å². The fourth-order valence-corrected chi connectivity index (χ4v) is 0.219. The summed E-state index contributed by atoms with van der Waals surface area (Å²) in [5.41, 5.74) is 0. The smallest absolute Gasteiger partial charge is 0.313 e.